The molecule has 160 valence electrons. The van der Waals surface area contributed by atoms with Gasteiger partial charge in [0.1, 0.15) is 12.7 Å². The Balaban J connectivity index is 1.18. The molecule has 5 rings (SSSR count). The van der Waals surface area contributed by atoms with Crippen LogP contribution < -0.4 is 0 Å². The molecule has 0 amide bonds. The molecule has 2 aromatic carbocycles. The van der Waals surface area contributed by atoms with Crippen molar-refractivity contribution in [2.75, 3.05) is 26.7 Å². The number of H-pyrrole nitrogens is 1. The first-order valence-electron chi connectivity index (χ1n) is 11.1. The molecular formula is C25H30N6. The van der Waals surface area contributed by atoms with Crippen LogP contribution in [0.5, 0.6) is 0 Å². The monoisotopic (exact) mass is 414 g/mol. The summed E-state index contributed by atoms with van der Waals surface area (Å²) < 4.78 is 1.86. The van der Waals surface area contributed by atoms with Gasteiger partial charge in [-0.15, -0.1) is 0 Å². The predicted molar refractivity (Wildman–Crippen MR) is 124 cm³/mol. The molecule has 1 N–H and O–H groups in total. The van der Waals surface area contributed by atoms with Crippen molar-refractivity contribution >= 4 is 10.9 Å². The zero-order chi connectivity index (χ0) is 21.0. The summed E-state index contributed by atoms with van der Waals surface area (Å²) in [5.74, 6) is 0. The molecule has 6 nitrogen and oxygen atoms in total. The lowest BCUT2D eigenvalue weighted by Crippen LogP contribution is -2.35. The van der Waals surface area contributed by atoms with Gasteiger partial charge in [-0.05, 0) is 48.7 Å². The average molecular weight is 415 g/mol. The van der Waals surface area contributed by atoms with Gasteiger partial charge < -0.3 is 9.88 Å². The number of nitrogens with one attached hydrogen (secondary N) is 1. The minimum Gasteiger partial charge on any atom is -0.361 e. The summed E-state index contributed by atoms with van der Waals surface area (Å²) in [7, 11) is 2.28. The summed E-state index contributed by atoms with van der Waals surface area (Å²) in [5.41, 5.74) is 5.25. The van der Waals surface area contributed by atoms with E-state index in [9.17, 15) is 0 Å². The molecule has 31 heavy (non-hydrogen) atoms. The molecule has 0 spiro atoms. The predicted octanol–water partition coefficient (Wildman–Crippen LogP) is 3.56. The van der Waals surface area contributed by atoms with Crippen LogP contribution in [-0.4, -0.2) is 62.3 Å². The molecule has 0 bridgehead atoms. The molecular weight excluding hydrogens is 384 g/mol. The molecule has 0 unspecified atom stereocenters. The van der Waals surface area contributed by atoms with Gasteiger partial charge >= 0.3 is 0 Å². The highest BCUT2D eigenvalue weighted by Gasteiger charge is 2.25. The maximum absolute atomic E-state index is 4.22. The van der Waals surface area contributed by atoms with E-state index < -0.39 is 0 Å². The normalized spacial score (nSPS) is 17.2. The van der Waals surface area contributed by atoms with E-state index in [0.29, 0.717) is 6.04 Å². The van der Waals surface area contributed by atoms with Crippen molar-refractivity contribution < 1.29 is 0 Å². The fourth-order valence-corrected chi connectivity index (χ4v) is 4.67. The minimum atomic E-state index is 0.636. The molecule has 0 saturated carbocycles. The Hall–Kier alpha value is -2.96. The van der Waals surface area contributed by atoms with E-state index in [-0.39, 0.29) is 0 Å². The first-order valence-corrected chi connectivity index (χ1v) is 11.1. The third-order valence-corrected chi connectivity index (χ3v) is 6.50. The first-order chi connectivity index (χ1) is 15.2. The van der Waals surface area contributed by atoms with E-state index in [1.54, 1.807) is 12.7 Å². The van der Waals surface area contributed by atoms with Crippen molar-refractivity contribution in [3.8, 4) is 0 Å². The van der Waals surface area contributed by atoms with Gasteiger partial charge in [0.2, 0.25) is 0 Å². The van der Waals surface area contributed by atoms with E-state index in [1.165, 1.54) is 40.6 Å². The average Bonchev–Trinajstić information content (AvgIpc) is 3.54. The summed E-state index contributed by atoms with van der Waals surface area (Å²) in [6.07, 6.45) is 7.83. The third-order valence-electron chi connectivity index (χ3n) is 6.50. The van der Waals surface area contributed by atoms with Crippen LogP contribution in [0, 0.1) is 0 Å². The molecule has 2 aromatic heterocycles. The Bertz CT molecular complexity index is 1100. The standard InChI is InChI=1S/C25H30N6/c1-29(23-10-12-30(17-23)15-20-5-3-2-4-6-20)11-9-22-14-27-25-8-7-21(13-24(22)25)16-31-19-26-18-28-31/h2-8,13-14,18-19,23,27H,9-12,15-17H2,1H3/t23-/m1/s1. The lowest BCUT2D eigenvalue weighted by Gasteiger charge is -2.24. The number of nitrogens with zero attached hydrogens (tertiary/aromatic N) is 5. The SMILES string of the molecule is CN(CCc1c[nH]c2ccc(Cn3cncn3)cc12)[C@@H]1CCN(Cc2ccccc2)C1. The second-order valence-electron chi connectivity index (χ2n) is 8.68. The first kappa shape index (κ1) is 20.0. The summed E-state index contributed by atoms with van der Waals surface area (Å²) in [5, 5.41) is 5.55. The van der Waals surface area contributed by atoms with E-state index >= 15 is 0 Å². The highest BCUT2D eigenvalue weighted by Crippen LogP contribution is 2.22. The van der Waals surface area contributed by atoms with Gasteiger partial charge in [-0.1, -0.05) is 36.4 Å². The van der Waals surface area contributed by atoms with Crippen LogP contribution in [0.1, 0.15) is 23.1 Å². The highest BCUT2D eigenvalue weighted by molar-refractivity contribution is 5.83. The van der Waals surface area contributed by atoms with Crippen molar-refractivity contribution in [1.29, 1.82) is 0 Å². The Morgan fingerprint density at radius 3 is 2.84 bits per heavy atom. The van der Waals surface area contributed by atoms with Crippen LogP contribution in [0.2, 0.25) is 0 Å². The smallest absolute Gasteiger partial charge is 0.137 e. The van der Waals surface area contributed by atoms with E-state index in [4.69, 9.17) is 0 Å². The summed E-state index contributed by atoms with van der Waals surface area (Å²) >= 11 is 0. The largest absolute Gasteiger partial charge is 0.361 e. The zero-order valence-corrected chi connectivity index (χ0v) is 18.1. The van der Waals surface area contributed by atoms with Crippen LogP contribution in [0.15, 0.2) is 67.4 Å². The number of hydrogen-bond acceptors (Lipinski definition) is 4. The maximum atomic E-state index is 4.22. The van der Waals surface area contributed by atoms with Gasteiger partial charge in [0.25, 0.3) is 0 Å². The van der Waals surface area contributed by atoms with Gasteiger partial charge in [0.05, 0.1) is 6.54 Å². The van der Waals surface area contributed by atoms with Gasteiger partial charge in [-0.25, -0.2) is 9.67 Å². The van der Waals surface area contributed by atoms with Crippen molar-refractivity contribution in [3.05, 3.63) is 84.1 Å². The number of aromatic nitrogens is 4. The zero-order valence-electron chi connectivity index (χ0n) is 18.1. The molecule has 1 aliphatic heterocycles. The van der Waals surface area contributed by atoms with Crippen LogP contribution in [0.4, 0.5) is 0 Å². The Morgan fingerprint density at radius 1 is 1.10 bits per heavy atom. The number of likely N-dealkylation sites (N-methyl/N-ethyl adjacent to an activating group) is 1. The number of aromatic amines is 1. The van der Waals surface area contributed by atoms with Gasteiger partial charge in [-0.2, -0.15) is 5.10 Å². The van der Waals surface area contributed by atoms with Crippen LogP contribution in [0.25, 0.3) is 10.9 Å². The lowest BCUT2D eigenvalue weighted by molar-refractivity contribution is 0.232. The molecule has 1 fully saturated rings. The van der Waals surface area contributed by atoms with Crippen LogP contribution in [-0.2, 0) is 19.5 Å². The van der Waals surface area contributed by atoms with Gasteiger partial charge in [-0.3, -0.25) is 4.90 Å². The fraction of sp³-hybridized carbons (Fsp3) is 0.360. The van der Waals surface area contributed by atoms with E-state index in [2.05, 4.69) is 86.6 Å². The number of likely N-dealkylation sites (tertiary alicyclic amines) is 1. The van der Waals surface area contributed by atoms with Crippen molar-refractivity contribution in [3.63, 3.8) is 0 Å². The summed E-state index contributed by atoms with van der Waals surface area (Å²) in [4.78, 5) is 12.6. The quantitative estimate of drug-likeness (QED) is 0.479. The fourth-order valence-electron chi connectivity index (χ4n) is 4.67. The highest BCUT2D eigenvalue weighted by atomic mass is 15.3. The molecule has 0 radical (unpaired) electrons. The Labute approximate surface area is 183 Å². The maximum Gasteiger partial charge on any atom is 0.137 e. The van der Waals surface area contributed by atoms with Crippen molar-refractivity contribution in [2.24, 2.45) is 0 Å². The number of hydrogen-bond donors (Lipinski definition) is 1. The molecule has 1 aliphatic rings. The van der Waals surface area contributed by atoms with Crippen molar-refractivity contribution in [2.45, 2.75) is 32.0 Å². The second-order valence-corrected chi connectivity index (χ2v) is 8.68. The minimum absolute atomic E-state index is 0.636. The van der Waals surface area contributed by atoms with Crippen LogP contribution >= 0.6 is 0 Å². The van der Waals surface area contributed by atoms with Gasteiger partial charge in [0, 0.05) is 49.3 Å². The topological polar surface area (TPSA) is 53.0 Å². The molecule has 1 atom stereocenters. The summed E-state index contributed by atoms with van der Waals surface area (Å²) in [6.45, 7) is 5.22. The van der Waals surface area contributed by atoms with E-state index in [1.807, 2.05) is 4.68 Å². The van der Waals surface area contributed by atoms with Gasteiger partial charge in [0.15, 0.2) is 0 Å². The van der Waals surface area contributed by atoms with Crippen molar-refractivity contribution in [1.82, 2.24) is 29.5 Å². The molecule has 1 saturated heterocycles. The second kappa shape index (κ2) is 9.04. The Morgan fingerprint density at radius 2 is 2.00 bits per heavy atom. The molecule has 3 heterocycles. The number of rotatable bonds is 8. The summed E-state index contributed by atoms with van der Waals surface area (Å²) in [6, 6.07) is 18.1. The number of fused-ring (bicyclic) bond motifs is 1. The Kier molecular flexibility index (Phi) is 5.82. The number of benzene rings is 2. The van der Waals surface area contributed by atoms with E-state index in [0.717, 1.165) is 32.6 Å². The van der Waals surface area contributed by atoms with Crippen LogP contribution in [0.3, 0.4) is 0 Å². The molecule has 6 heteroatoms. The lowest BCUT2D eigenvalue weighted by atomic mass is 10.1. The molecule has 4 aromatic rings. The third kappa shape index (κ3) is 4.70. The molecule has 0 aliphatic carbocycles.